The van der Waals surface area contributed by atoms with E-state index in [1.807, 2.05) is 26.1 Å². The molecule has 31 heavy (non-hydrogen) atoms. The first kappa shape index (κ1) is 22.0. The van der Waals surface area contributed by atoms with E-state index in [1.165, 1.54) is 0 Å². The number of aromatic nitrogens is 1. The Hall–Kier alpha value is -3.70. The average Bonchev–Trinajstić information content (AvgIpc) is 2.73. The lowest BCUT2D eigenvalue weighted by Gasteiger charge is -2.27. The molecule has 0 saturated carbocycles. The number of nitriles is 2. The molecule has 1 atom stereocenters. The topological polar surface area (TPSA) is 167 Å². The van der Waals surface area contributed by atoms with Crippen LogP contribution in [0.1, 0.15) is 43.0 Å². The fraction of sp³-hybridized carbons (Fsp3) is 0.300. The molecule has 0 bridgehead atoms. The van der Waals surface area contributed by atoms with Crippen molar-refractivity contribution in [3.63, 3.8) is 0 Å². The van der Waals surface area contributed by atoms with E-state index in [1.54, 1.807) is 12.1 Å². The lowest BCUT2D eigenvalue weighted by atomic mass is 9.95. The number of nitrogens with one attached hydrogen (secondary N) is 2. The Morgan fingerprint density at radius 2 is 1.97 bits per heavy atom. The van der Waals surface area contributed by atoms with Crippen LogP contribution in [0, 0.1) is 22.8 Å². The average molecular weight is 485 g/mol. The molecule has 3 rings (SSSR count). The Morgan fingerprint density at radius 3 is 2.61 bits per heavy atom. The molecule has 11 heteroatoms. The molecule has 6 N–H and O–H groups in total. The number of halogens is 1. The van der Waals surface area contributed by atoms with Crippen molar-refractivity contribution in [1.82, 2.24) is 10.3 Å². The standard InChI is InChI=1S/C20H21BrN8O2/c1-3-5-31-14-7-12(21)10(6-13(14)30-4-2)17-15-16(24)11(8-22)18(25)28-19(15)29-20(27-17)26-9-23/h6-7,17H,3-5H2,1-2H3,(H6,24,25,26,27,28,29). The highest BCUT2D eigenvalue weighted by Gasteiger charge is 2.31. The van der Waals surface area contributed by atoms with Gasteiger partial charge in [-0.05, 0) is 31.0 Å². The molecule has 0 amide bonds. The second-order valence-electron chi connectivity index (χ2n) is 6.50. The third-order valence-electron chi connectivity index (χ3n) is 4.48. The molecule has 1 unspecified atom stereocenters. The van der Waals surface area contributed by atoms with Crippen molar-refractivity contribution in [2.24, 2.45) is 4.99 Å². The van der Waals surface area contributed by atoms with Gasteiger partial charge in [-0.25, -0.2) is 9.98 Å². The minimum Gasteiger partial charge on any atom is -0.490 e. The van der Waals surface area contributed by atoms with E-state index < -0.39 is 6.04 Å². The molecule has 0 radical (unpaired) electrons. The minimum atomic E-state index is -0.693. The molecule has 1 aromatic carbocycles. The smallest absolute Gasteiger partial charge is 0.211 e. The fourth-order valence-corrected chi connectivity index (χ4v) is 3.70. The molecule has 1 aliphatic heterocycles. The highest BCUT2D eigenvalue weighted by molar-refractivity contribution is 9.10. The monoisotopic (exact) mass is 484 g/mol. The summed E-state index contributed by atoms with van der Waals surface area (Å²) in [6.45, 7) is 4.87. The van der Waals surface area contributed by atoms with E-state index in [2.05, 4.69) is 36.5 Å². The molecule has 2 heterocycles. The molecule has 1 aliphatic rings. The first-order chi connectivity index (χ1) is 14.9. The van der Waals surface area contributed by atoms with Gasteiger partial charge in [-0.3, -0.25) is 5.32 Å². The fourth-order valence-electron chi connectivity index (χ4n) is 3.16. The van der Waals surface area contributed by atoms with E-state index >= 15 is 0 Å². The summed E-state index contributed by atoms with van der Waals surface area (Å²) < 4.78 is 12.3. The quantitative estimate of drug-likeness (QED) is 0.355. The highest BCUT2D eigenvalue weighted by Crippen LogP contribution is 2.45. The normalized spacial score (nSPS) is 14.4. The van der Waals surface area contributed by atoms with Crippen LogP contribution in [0.3, 0.4) is 0 Å². The number of anilines is 3. The molecule has 0 aliphatic carbocycles. The maximum absolute atomic E-state index is 9.47. The SMILES string of the molecule is CCCOc1cc(Br)c(C2N=C(NC#N)Nc3nc(N)c(C#N)c(N)c32)cc1OCC. The van der Waals surface area contributed by atoms with Crippen LogP contribution in [0.2, 0.25) is 0 Å². The van der Waals surface area contributed by atoms with Crippen molar-refractivity contribution in [2.75, 3.05) is 30.0 Å². The van der Waals surface area contributed by atoms with E-state index in [9.17, 15) is 5.26 Å². The maximum Gasteiger partial charge on any atom is 0.211 e. The van der Waals surface area contributed by atoms with Crippen molar-refractivity contribution in [1.29, 1.82) is 10.5 Å². The van der Waals surface area contributed by atoms with Gasteiger partial charge in [-0.15, -0.1) is 0 Å². The van der Waals surface area contributed by atoms with Crippen LogP contribution < -0.4 is 31.6 Å². The van der Waals surface area contributed by atoms with Gasteiger partial charge in [0.2, 0.25) is 5.96 Å². The zero-order chi connectivity index (χ0) is 22.5. The second-order valence-corrected chi connectivity index (χ2v) is 7.36. The molecule has 0 saturated heterocycles. The molecule has 0 fully saturated rings. The minimum absolute atomic E-state index is 0.0133. The van der Waals surface area contributed by atoms with Crippen molar-refractivity contribution in [3.05, 3.63) is 33.3 Å². The summed E-state index contributed by atoms with van der Waals surface area (Å²) in [5.74, 6) is 1.60. The first-order valence-corrected chi connectivity index (χ1v) is 10.3. The number of rotatable bonds is 6. The van der Waals surface area contributed by atoms with Gasteiger partial charge in [-0.1, -0.05) is 22.9 Å². The first-order valence-electron chi connectivity index (χ1n) is 9.52. The summed E-state index contributed by atoms with van der Waals surface area (Å²) >= 11 is 3.58. The third-order valence-corrected chi connectivity index (χ3v) is 5.16. The van der Waals surface area contributed by atoms with E-state index in [-0.39, 0.29) is 23.0 Å². The largest absolute Gasteiger partial charge is 0.490 e. The van der Waals surface area contributed by atoms with Crippen molar-refractivity contribution in [2.45, 2.75) is 26.3 Å². The number of nitrogens with zero attached hydrogens (tertiary/aromatic N) is 4. The Kier molecular flexibility index (Phi) is 6.68. The molecule has 0 spiro atoms. The van der Waals surface area contributed by atoms with Crippen LogP contribution in [0.25, 0.3) is 0 Å². The number of hydrogen-bond acceptors (Lipinski definition) is 10. The highest BCUT2D eigenvalue weighted by atomic mass is 79.9. The van der Waals surface area contributed by atoms with Gasteiger partial charge in [0.05, 0.1) is 18.9 Å². The lowest BCUT2D eigenvalue weighted by Crippen LogP contribution is -2.32. The second kappa shape index (κ2) is 9.41. The van der Waals surface area contributed by atoms with E-state index in [0.717, 1.165) is 6.42 Å². The van der Waals surface area contributed by atoms with Gasteiger partial charge in [0.1, 0.15) is 29.3 Å². The molecule has 10 nitrogen and oxygen atoms in total. The Labute approximate surface area is 188 Å². The number of guanidine groups is 1. The van der Waals surface area contributed by atoms with Crippen molar-refractivity contribution >= 4 is 39.2 Å². The van der Waals surface area contributed by atoms with Gasteiger partial charge >= 0.3 is 0 Å². The predicted octanol–water partition coefficient (Wildman–Crippen LogP) is 3.01. The van der Waals surface area contributed by atoms with E-state index in [0.29, 0.717) is 46.1 Å². The zero-order valence-corrected chi connectivity index (χ0v) is 18.6. The van der Waals surface area contributed by atoms with E-state index in [4.69, 9.17) is 26.2 Å². The van der Waals surface area contributed by atoms with Gasteiger partial charge in [0.15, 0.2) is 17.7 Å². The molecule has 2 aromatic rings. The Bertz CT molecular complexity index is 1120. The Morgan fingerprint density at radius 1 is 1.23 bits per heavy atom. The summed E-state index contributed by atoms with van der Waals surface area (Å²) in [6, 6.07) is 4.90. The summed E-state index contributed by atoms with van der Waals surface area (Å²) in [5, 5.41) is 23.9. The third kappa shape index (κ3) is 4.27. The molecular formula is C20H21BrN8O2. The van der Waals surface area contributed by atoms with Crippen molar-refractivity contribution in [3.8, 4) is 23.8 Å². The number of fused-ring (bicyclic) bond motifs is 1. The van der Waals surface area contributed by atoms with Crippen LogP contribution in [-0.4, -0.2) is 24.2 Å². The molecule has 160 valence electrons. The zero-order valence-electron chi connectivity index (χ0n) is 17.0. The molecular weight excluding hydrogens is 464 g/mol. The summed E-state index contributed by atoms with van der Waals surface area (Å²) in [6.07, 6.45) is 2.68. The van der Waals surface area contributed by atoms with Gasteiger partial charge in [0.25, 0.3) is 0 Å². The number of pyridine rings is 1. The van der Waals surface area contributed by atoms with Gasteiger partial charge < -0.3 is 26.3 Å². The lowest BCUT2D eigenvalue weighted by molar-refractivity contribution is 0.276. The molecule has 1 aromatic heterocycles. The van der Waals surface area contributed by atoms with Crippen LogP contribution in [0.5, 0.6) is 11.5 Å². The Balaban J connectivity index is 2.23. The number of benzene rings is 1. The number of aliphatic imine (C=N–C) groups is 1. The van der Waals surface area contributed by atoms with Crippen LogP contribution in [-0.2, 0) is 0 Å². The van der Waals surface area contributed by atoms with Crippen LogP contribution in [0.4, 0.5) is 17.3 Å². The maximum atomic E-state index is 9.47. The summed E-state index contributed by atoms with van der Waals surface area (Å²) in [5.41, 5.74) is 13.6. The number of hydrogen-bond donors (Lipinski definition) is 4. The van der Waals surface area contributed by atoms with Gasteiger partial charge in [-0.2, -0.15) is 10.5 Å². The number of ether oxygens (including phenoxy) is 2. The van der Waals surface area contributed by atoms with Crippen LogP contribution in [0.15, 0.2) is 21.6 Å². The van der Waals surface area contributed by atoms with Crippen molar-refractivity contribution < 1.29 is 9.47 Å². The van der Waals surface area contributed by atoms with Crippen LogP contribution >= 0.6 is 15.9 Å². The summed E-state index contributed by atoms with van der Waals surface area (Å²) in [7, 11) is 0. The van der Waals surface area contributed by atoms with Gasteiger partial charge in [0, 0.05) is 10.0 Å². The summed E-state index contributed by atoms with van der Waals surface area (Å²) in [4.78, 5) is 8.84. The number of nitrogens with two attached hydrogens (primary N) is 2. The number of nitrogen functional groups attached to an aromatic ring is 2. The predicted molar refractivity (Wildman–Crippen MR) is 121 cm³/mol.